The van der Waals surface area contributed by atoms with Crippen LogP contribution in [0.25, 0.3) is 27.7 Å². The van der Waals surface area contributed by atoms with Crippen LogP contribution >= 0.6 is 15.9 Å². The Kier molecular flexibility index (Phi) is 2.34. The minimum Gasteiger partial charge on any atom is -0.382 e. The third-order valence-electron chi connectivity index (χ3n) is 3.36. The summed E-state index contributed by atoms with van der Waals surface area (Å²) in [7, 11) is 0. The third-order valence-corrected chi connectivity index (χ3v) is 3.92. The summed E-state index contributed by atoms with van der Waals surface area (Å²) < 4.78 is 2.58. The average molecular weight is 328 g/mol. The number of nitrogens with two attached hydrogens (primary N) is 1. The molecule has 6 heteroatoms. The topological polar surface area (TPSA) is 72.0 Å². The van der Waals surface area contributed by atoms with Crippen molar-refractivity contribution in [3.8, 4) is 11.3 Å². The molecule has 98 valence electrons. The van der Waals surface area contributed by atoms with Crippen molar-refractivity contribution < 1.29 is 0 Å². The number of hydrogen-bond acceptors (Lipinski definition) is 3. The molecule has 0 aliphatic rings. The zero-order valence-corrected chi connectivity index (χ0v) is 11.9. The Bertz CT molecular complexity index is 904. The van der Waals surface area contributed by atoms with Crippen molar-refractivity contribution >= 4 is 38.2 Å². The van der Waals surface area contributed by atoms with Gasteiger partial charge in [0, 0.05) is 22.2 Å². The maximum Gasteiger partial charge on any atom is 0.152 e. The lowest BCUT2D eigenvalue weighted by atomic mass is 10.2. The van der Waals surface area contributed by atoms with Gasteiger partial charge in [-0.25, -0.2) is 9.50 Å². The van der Waals surface area contributed by atoms with E-state index >= 15 is 0 Å². The van der Waals surface area contributed by atoms with Gasteiger partial charge in [-0.1, -0.05) is 18.2 Å². The lowest BCUT2D eigenvalue weighted by Gasteiger charge is -2.00. The molecule has 0 spiro atoms. The van der Waals surface area contributed by atoms with Gasteiger partial charge in [0.1, 0.15) is 16.4 Å². The highest BCUT2D eigenvalue weighted by Crippen LogP contribution is 2.33. The van der Waals surface area contributed by atoms with Crippen LogP contribution in [0.15, 0.2) is 47.3 Å². The first-order valence-electron chi connectivity index (χ1n) is 6.10. The van der Waals surface area contributed by atoms with Crippen molar-refractivity contribution in [2.24, 2.45) is 0 Å². The van der Waals surface area contributed by atoms with Gasteiger partial charge in [0.15, 0.2) is 5.82 Å². The second kappa shape index (κ2) is 4.08. The number of para-hydroxylation sites is 1. The number of aromatic amines is 1. The Morgan fingerprint density at radius 3 is 2.90 bits per heavy atom. The summed E-state index contributed by atoms with van der Waals surface area (Å²) in [4.78, 5) is 7.47. The number of nitrogens with zero attached hydrogens (tertiary/aromatic N) is 3. The van der Waals surface area contributed by atoms with E-state index in [2.05, 4.69) is 43.1 Å². The van der Waals surface area contributed by atoms with E-state index in [1.165, 1.54) is 6.33 Å². The Morgan fingerprint density at radius 2 is 2.05 bits per heavy atom. The van der Waals surface area contributed by atoms with Crippen molar-refractivity contribution in [2.75, 3.05) is 5.73 Å². The van der Waals surface area contributed by atoms with E-state index < -0.39 is 0 Å². The SMILES string of the molecule is Nc1ncnn2c(Br)cc(-c3cc4ccccc4[nH]3)c12. The Labute approximate surface area is 122 Å². The molecule has 4 aromatic rings. The van der Waals surface area contributed by atoms with Crippen LogP contribution < -0.4 is 5.73 Å². The minimum absolute atomic E-state index is 0.458. The van der Waals surface area contributed by atoms with Crippen LogP contribution in [0.5, 0.6) is 0 Å². The molecule has 0 aliphatic carbocycles. The summed E-state index contributed by atoms with van der Waals surface area (Å²) in [5.41, 5.74) is 9.86. The first-order valence-corrected chi connectivity index (χ1v) is 6.89. The highest BCUT2D eigenvalue weighted by Gasteiger charge is 2.15. The van der Waals surface area contributed by atoms with Crippen molar-refractivity contribution in [3.63, 3.8) is 0 Å². The van der Waals surface area contributed by atoms with E-state index in [1.807, 2.05) is 24.3 Å². The van der Waals surface area contributed by atoms with E-state index in [9.17, 15) is 0 Å². The van der Waals surface area contributed by atoms with Crippen LogP contribution in [0.1, 0.15) is 0 Å². The van der Waals surface area contributed by atoms with Crippen LogP contribution in [-0.4, -0.2) is 19.6 Å². The van der Waals surface area contributed by atoms with Crippen LogP contribution in [0.3, 0.4) is 0 Å². The molecule has 4 rings (SSSR count). The summed E-state index contributed by atoms with van der Waals surface area (Å²) in [5, 5.41) is 5.37. The largest absolute Gasteiger partial charge is 0.382 e. The number of hydrogen-bond donors (Lipinski definition) is 2. The second-order valence-corrected chi connectivity index (χ2v) is 5.37. The number of nitrogens with one attached hydrogen (secondary N) is 1. The molecule has 0 saturated heterocycles. The summed E-state index contributed by atoms with van der Waals surface area (Å²) in [6, 6.07) is 12.2. The number of nitrogen functional groups attached to an aromatic ring is 1. The highest BCUT2D eigenvalue weighted by molar-refractivity contribution is 9.10. The molecule has 0 amide bonds. The molecule has 3 heterocycles. The van der Waals surface area contributed by atoms with Gasteiger partial charge in [-0.2, -0.15) is 5.10 Å². The van der Waals surface area contributed by atoms with Crippen molar-refractivity contribution in [3.05, 3.63) is 47.3 Å². The number of H-pyrrole nitrogens is 1. The predicted octanol–water partition coefficient (Wildman–Crippen LogP) is 3.22. The monoisotopic (exact) mass is 327 g/mol. The molecule has 0 aliphatic heterocycles. The Balaban J connectivity index is 2.07. The zero-order valence-electron chi connectivity index (χ0n) is 10.3. The number of fused-ring (bicyclic) bond motifs is 2. The average Bonchev–Trinajstić information content (AvgIpc) is 3.01. The smallest absolute Gasteiger partial charge is 0.152 e. The number of rotatable bonds is 1. The predicted molar refractivity (Wildman–Crippen MR) is 82.4 cm³/mol. The van der Waals surface area contributed by atoms with Gasteiger partial charge in [-0.3, -0.25) is 0 Å². The van der Waals surface area contributed by atoms with Crippen LogP contribution in [0.4, 0.5) is 5.82 Å². The number of aromatic nitrogens is 4. The third kappa shape index (κ3) is 1.55. The van der Waals surface area contributed by atoms with Crippen LogP contribution in [-0.2, 0) is 0 Å². The van der Waals surface area contributed by atoms with Gasteiger partial charge in [-0.05, 0) is 34.1 Å². The first-order chi connectivity index (χ1) is 9.74. The lowest BCUT2D eigenvalue weighted by Crippen LogP contribution is -1.99. The highest BCUT2D eigenvalue weighted by atomic mass is 79.9. The fourth-order valence-electron chi connectivity index (χ4n) is 2.45. The number of halogens is 1. The number of anilines is 1. The van der Waals surface area contributed by atoms with E-state index in [1.54, 1.807) is 4.52 Å². The zero-order chi connectivity index (χ0) is 13.7. The van der Waals surface area contributed by atoms with Gasteiger partial charge in [0.25, 0.3) is 0 Å². The standard InChI is InChI=1S/C14H10BrN5/c15-12-6-9(13-14(16)17-7-18-20(12)13)11-5-8-3-1-2-4-10(8)19-11/h1-7,19H,(H2,16,17,18). The molecule has 0 atom stereocenters. The van der Waals surface area contributed by atoms with Crippen LogP contribution in [0, 0.1) is 0 Å². The summed E-state index contributed by atoms with van der Waals surface area (Å²) in [5.74, 6) is 0.458. The minimum atomic E-state index is 0.458. The molecular weight excluding hydrogens is 318 g/mol. The molecule has 20 heavy (non-hydrogen) atoms. The maximum absolute atomic E-state index is 6.00. The quantitative estimate of drug-likeness (QED) is 0.563. The van der Waals surface area contributed by atoms with E-state index in [0.29, 0.717) is 5.82 Å². The van der Waals surface area contributed by atoms with Crippen molar-refractivity contribution in [1.82, 2.24) is 19.6 Å². The summed E-state index contributed by atoms with van der Waals surface area (Å²) in [6.45, 7) is 0. The molecule has 5 nitrogen and oxygen atoms in total. The molecule has 0 fully saturated rings. The molecule has 0 bridgehead atoms. The maximum atomic E-state index is 6.00. The summed E-state index contributed by atoms with van der Waals surface area (Å²) >= 11 is 3.50. The Hall–Kier alpha value is -2.34. The van der Waals surface area contributed by atoms with Gasteiger partial charge in [0.05, 0.1) is 0 Å². The van der Waals surface area contributed by atoms with Crippen LogP contribution in [0.2, 0.25) is 0 Å². The lowest BCUT2D eigenvalue weighted by molar-refractivity contribution is 0.889. The van der Waals surface area contributed by atoms with Gasteiger partial charge >= 0.3 is 0 Å². The molecule has 0 radical (unpaired) electrons. The first kappa shape index (κ1) is 11.5. The normalized spacial score (nSPS) is 11.4. The van der Waals surface area contributed by atoms with E-state index in [-0.39, 0.29) is 0 Å². The molecule has 1 aromatic carbocycles. The molecule has 0 saturated carbocycles. The van der Waals surface area contributed by atoms with Gasteiger partial charge in [0.2, 0.25) is 0 Å². The van der Waals surface area contributed by atoms with E-state index in [4.69, 9.17) is 5.73 Å². The van der Waals surface area contributed by atoms with Gasteiger partial charge in [-0.15, -0.1) is 0 Å². The number of benzene rings is 1. The molecule has 3 N–H and O–H groups in total. The fraction of sp³-hybridized carbons (Fsp3) is 0. The molecular formula is C14H10BrN5. The Morgan fingerprint density at radius 1 is 1.20 bits per heavy atom. The molecule has 0 unspecified atom stereocenters. The van der Waals surface area contributed by atoms with E-state index in [0.717, 1.165) is 32.3 Å². The fourth-order valence-corrected chi connectivity index (χ4v) is 2.95. The second-order valence-electron chi connectivity index (χ2n) is 4.56. The van der Waals surface area contributed by atoms with Crippen molar-refractivity contribution in [2.45, 2.75) is 0 Å². The van der Waals surface area contributed by atoms with Crippen molar-refractivity contribution in [1.29, 1.82) is 0 Å². The van der Waals surface area contributed by atoms with Gasteiger partial charge < -0.3 is 10.7 Å². The molecule has 3 aromatic heterocycles. The summed E-state index contributed by atoms with van der Waals surface area (Å²) in [6.07, 6.45) is 1.45.